The molecule has 1 aliphatic carbocycles. The first-order valence-electron chi connectivity index (χ1n) is 6.26. The van der Waals surface area contributed by atoms with Crippen LogP contribution < -0.4 is 5.73 Å². The minimum atomic E-state index is 0.616. The van der Waals surface area contributed by atoms with Gasteiger partial charge in [-0.2, -0.15) is 0 Å². The predicted molar refractivity (Wildman–Crippen MR) is 78.2 cm³/mol. The molecule has 1 saturated carbocycles. The molecule has 1 aliphatic rings. The number of thiazole rings is 1. The van der Waals surface area contributed by atoms with Crippen LogP contribution in [0.4, 0.5) is 5.00 Å². The van der Waals surface area contributed by atoms with Gasteiger partial charge < -0.3 is 5.73 Å². The number of hydrogen-bond donors (Lipinski definition) is 1. The second kappa shape index (κ2) is 4.90. The van der Waals surface area contributed by atoms with Crippen LogP contribution in [-0.4, -0.2) is 4.98 Å². The highest BCUT2D eigenvalue weighted by Gasteiger charge is 2.22. The highest BCUT2D eigenvalue weighted by molar-refractivity contribution is 7.16. The fraction of sp³-hybridized carbons (Fsp3) is 0.357. The Morgan fingerprint density at radius 2 is 2.06 bits per heavy atom. The second-order valence-electron chi connectivity index (χ2n) is 4.76. The molecule has 0 amide bonds. The number of benzene rings is 1. The molecule has 0 aliphatic heterocycles. The molecule has 3 rings (SSSR count). The lowest BCUT2D eigenvalue weighted by molar-refractivity contribution is 0.717. The molecule has 0 unspecified atom stereocenters. The maximum absolute atomic E-state index is 6.10. The average Bonchev–Trinajstić information content (AvgIpc) is 2.97. The van der Waals surface area contributed by atoms with Crippen LogP contribution in [0, 0.1) is 0 Å². The topological polar surface area (TPSA) is 38.9 Å². The lowest BCUT2D eigenvalue weighted by Gasteiger charge is -2.02. The summed E-state index contributed by atoms with van der Waals surface area (Å²) in [5, 5.41) is 2.72. The van der Waals surface area contributed by atoms with Gasteiger partial charge in [0.15, 0.2) is 0 Å². The average molecular weight is 279 g/mol. The second-order valence-corrected chi connectivity index (χ2v) is 6.26. The summed E-state index contributed by atoms with van der Waals surface area (Å²) in [4.78, 5) is 4.74. The number of nitrogens with two attached hydrogens (primary N) is 1. The van der Waals surface area contributed by atoms with Gasteiger partial charge in [-0.15, -0.1) is 11.3 Å². The standard InChI is InChI=1S/C14H15ClN2S/c15-11-7-3-6-10(8-11)12-13(16)18-14(17-12)9-4-1-2-5-9/h3,6-9H,1-2,4-5,16H2. The molecule has 1 heterocycles. The van der Waals surface area contributed by atoms with Crippen LogP contribution >= 0.6 is 22.9 Å². The Bertz CT molecular complexity index is 559. The third-order valence-electron chi connectivity index (χ3n) is 3.47. The number of rotatable bonds is 2. The number of nitrogens with zero attached hydrogens (tertiary/aromatic N) is 1. The van der Waals surface area contributed by atoms with Gasteiger partial charge in [0.1, 0.15) is 10.7 Å². The van der Waals surface area contributed by atoms with Crippen molar-refractivity contribution in [3.05, 3.63) is 34.3 Å². The van der Waals surface area contributed by atoms with E-state index in [-0.39, 0.29) is 0 Å². The maximum Gasteiger partial charge on any atom is 0.114 e. The summed E-state index contributed by atoms with van der Waals surface area (Å²) < 4.78 is 0. The number of aromatic nitrogens is 1. The quantitative estimate of drug-likeness (QED) is 0.864. The third-order valence-corrected chi connectivity index (χ3v) is 4.75. The van der Waals surface area contributed by atoms with E-state index in [1.165, 1.54) is 30.7 Å². The number of nitrogen functional groups attached to an aromatic ring is 1. The molecule has 0 atom stereocenters. The molecular formula is C14H15ClN2S. The minimum absolute atomic E-state index is 0.616. The van der Waals surface area contributed by atoms with Crippen LogP contribution in [0.2, 0.25) is 5.02 Å². The van der Waals surface area contributed by atoms with E-state index in [0.29, 0.717) is 5.92 Å². The number of hydrogen-bond acceptors (Lipinski definition) is 3. The normalized spacial score (nSPS) is 16.3. The van der Waals surface area contributed by atoms with E-state index in [1.54, 1.807) is 11.3 Å². The van der Waals surface area contributed by atoms with E-state index < -0.39 is 0 Å². The van der Waals surface area contributed by atoms with Gasteiger partial charge in [0.25, 0.3) is 0 Å². The molecule has 0 radical (unpaired) electrons. The molecule has 2 N–H and O–H groups in total. The van der Waals surface area contributed by atoms with Gasteiger partial charge in [-0.1, -0.05) is 36.6 Å². The molecular weight excluding hydrogens is 264 g/mol. The molecule has 18 heavy (non-hydrogen) atoms. The van der Waals surface area contributed by atoms with E-state index >= 15 is 0 Å². The first-order chi connectivity index (χ1) is 8.74. The first kappa shape index (κ1) is 12.0. The van der Waals surface area contributed by atoms with Gasteiger partial charge in [0.2, 0.25) is 0 Å². The Morgan fingerprint density at radius 3 is 2.78 bits per heavy atom. The van der Waals surface area contributed by atoms with Gasteiger partial charge >= 0.3 is 0 Å². The third kappa shape index (κ3) is 2.25. The van der Waals surface area contributed by atoms with E-state index in [9.17, 15) is 0 Å². The van der Waals surface area contributed by atoms with Gasteiger partial charge in [0, 0.05) is 16.5 Å². The molecule has 2 aromatic rings. The van der Waals surface area contributed by atoms with Crippen molar-refractivity contribution < 1.29 is 0 Å². The zero-order valence-electron chi connectivity index (χ0n) is 10.0. The van der Waals surface area contributed by atoms with Gasteiger partial charge in [0.05, 0.1) is 5.01 Å². The van der Waals surface area contributed by atoms with Crippen LogP contribution in [0.1, 0.15) is 36.6 Å². The Hall–Kier alpha value is -1.06. The smallest absolute Gasteiger partial charge is 0.114 e. The van der Waals surface area contributed by atoms with Crippen molar-refractivity contribution in [3.8, 4) is 11.3 Å². The van der Waals surface area contributed by atoms with E-state index in [0.717, 1.165) is 21.3 Å². The summed E-state index contributed by atoms with van der Waals surface area (Å²) in [7, 11) is 0. The summed E-state index contributed by atoms with van der Waals surface area (Å²) in [6.45, 7) is 0. The van der Waals surface area contributed by atoms with Gasteiger partial charge in [-0.3, -0.25) is 0 Å². The highest BCUT2D eigenvalue weighted by atomic mass is 35.5. The largest absolute Gasteiger partial charge is 0.389 e. The van der Waals surface area contributed by atoms with E-state index in [1.807, 2.05) is 24.3 Å². The van der Waals surface area contributed by atoms with Crippen LogP contribution in [0.25, 0.3) is 11.3 Å². The van der Waals surface area contributed by atoms with Crippen molar-refractivity contribution >= 4 is 27.9 Å². The maximum atomic E-state index is 6.10. The van der Waals surface area contributed by atoms with Crippen LogP contribution in [0.3, 0.4) is 0 Å². The van der Waals surface area contributed by atoms with E-state index in [4.69, 9.17) is 22.3 Å². The van der Waals surface area contributed by atoms with Crippen molar-refractivity contribution in [2.45, 2.75) is 31.6 Å². The van der Waals surface area contributed by atoms with Gasteiger partial charge in [-0.25, -0.2) is 4.98 Å². The monoisotopic (exact) mass is 278 g/mol. The van der Waals surface area contributed by atoms with Crippen LogP contribution in [0.15, 0.2) is 24.3 Å². The van der Waals surface area contributed by atoms with Crippen molar-refractivity contribution in [2.24, 2.45) is 0 Å². The van der Waals surface area contributed by atoms with Crippen LogP contribution in [0.5, 0.6) is 0 Å². The Balaban J connectivity index is 1.97. The van der Waals surface area contributed by atoms with E-state index in [2.05, 4.69) is 0 Å². The molecule has 0 saturated heterocycles. The Morgan fingerprint density at radius 1 is 1.28 bits per heavy atom. The predicted octanol–water partition coefficient (Wildman–Crippen LogP) is 4.70. The molecule has 0 bridgehead atoms. The summed E-state index contributed by atoms with van der Waals surface area (Å²) >= 11 is 7.65. The highest BCUT2D eigenvalue weighted by Crippen LogP contribution is 2.40. The van der Waals surface area contributed by atoms with Crippen molar-refractivity contribution in [1.29, 1.82) is 0 Å². The summed E-state index contributed by atoms with van der Waals surface area (Å²) in [6.07, 6.45) is 5.14. The number of anilines is 1. The Labute approximate surface area is 116 Å². The lowest BCUT2D eigenvalue weighted by Crippen LogP contribution is -1.91. The minimum Gasteiger partial charge on any atom is -0.389 e. The fourth-order valence-corrected chi connectivity index (χ4v) is 3.75. The number of halogens is 1. The van der Waals surface area contributed by atoms with Crippen molar-refractivity contribution in [3.63, 3.8) is 0 Å². The Kier molecular flexibility index (Phi) is 3.27. The summed E-state index contributed by atoms with van der Waals surface area (Å²) in [5.74, 6) is 0.616. The molecule has 1 aromatic heterocycles. The zero-order chi connectivity index (χ0) is 12.5. The summed E-state index contributed by atoms with van der Waals surface area (Å²) in [5.41, 5.74) is 8.01. The van der Waals surface area contributed by atoms with Crippen LogP contribution in [-0.2, 0) is 0 Å². The van der Waals surface area contributed by atoms with Gasteiger partial charge in [-0.05, 0) is 25.0 Å². The summed E-state index contributed by atoms with van der Waals surface area (Å²) in [6, 6.07) is 7.73. The molecule has 2 nitrogen and oxygen atoms in total. The lowest BCUT2D eigenvalue weighted by atomic mass is 10.1. The van der Waals surface area contributed by atoms with Crippen molar-refractivity contribution in [1.82, 2.24) is 4.98 Å². The molecule has 0 spiro atoms. The SMILES string of the molecule is Nc1sc(C2CCCC2)nc1-c1cccc(Cl)c1. The molecule has 1 fully saturated rings. The van der Waals surface area contributed by atoms with Crippen molar-refractivity contribution in [2.75, 3.05) is 5.73 Å². The first-order valence-corrected chi connectivity index (χ1v) is 7.45. The molecule has 4 heteroatoms. The zero-order valence-corrected chi connectivity index (χ0v) is 11.6. The molecule has 94 valence electrons. The molecule has 1 aromatic carbocycles. The fourth-order valence-electron chi connectivity index (χ4n) is 2.54.